The van der Waals surface area contributed by atoms with Crippen molar-refractivity contribution in [2.45, 2.75) is 19.3 Å². The third-order valence-electron chi connectivity index (χ3n) is 0.908. The predicted molar refractivity (Wildman–Crippen MR) is 53.4 cm³/mol. The molecule has 5 heteroatoms. The minimum absolute atomic E-state index is 0. The van der Waals surface area contributed by atoms with Crippen LogP contribution in [0.25, 0.3) is 0 Å². The molecule has 0 radical (unpaired) electrons. The summed E-state index contributed by atoms with van der Waals surface area (Å²) in [5, 5.41) is 0. The molecule has 10 heavy (non-hydrogen) atoms. The Labute approximate surface area is 130 Å². The van der Waals surface area contributed by atoms with Crippen molar-refractivity contribution in [1.29, 1.82) is 0 Å². The van der Waals surface area contributed by atoms with Crippen LogP contribution in [0, 0.1) is 0 Å². The van der Waals surface area contributed by atoms with Crippen molar-refractivity contribution in [3.05, 3.63) is 0 Å². The molecule has 0 aromatic carbocycles. The summed E-state index contributed by atoms with van der Waals surface area (Å²) >= 11 is 0. The number of hydrogen-bond donors (Lipinski definition) is 2. The van der Waals surface area contributed by atoms with E-state index in [1.54, 1.807) is 0 Å². The van der Waals surface area contributed by atoms with Crippen LogP contribution in [0.2, 0.25) is 0 Å². The van der Waals surface area contributed by atoms with Crippen LogP contribution in [0.5, 0.6) is 0 Å². The molecule has 0 aromatic heterocycles. The van der Waals surface area contributed by atoms with Gasteiger partial charge >= 0.3 is 88.7 Å². The van der Waals surface area contributed by atoms with Crippen molar-refractivity contribution in [2.24, 2.45) is 11.5 Å². The van der Waals surface area contributed by atoms with Crippen LogP contribution in [-0.4, -0.2) is 102 Å². The standard InChI is InChI=1S/C5H14N2.3Na.3H/c6-4-2-1-3-5-7;;;;;;/h1-7H2;;;;;;. The van der Waals surface area contributed by atoms with Gasteiger partial charge in [0.15, 0.2) is 0 Å². The molecule has 0 aromatic rings. The predicted octanol–water partition coefficient (Wildman–Crippen LogP) is -1.87. The van der Waals surface area contributed by atoms with Gasteiger partial charge in [0.1, 0.15) is 0 Å². The number of unbranched alkanes of at least 4 members (excludes halogenated alkanes) is 2. The Morgan fingerprint density at radius 1 is 0.600 bits per heavy atom. The number of nitrogens with two attached hydrogens (primary N) is 2. The second-order valence-corrected chi connectivity index (χ2v) is 1.64. The van der Waals surface area contributed by atoms with Gasteiger partial charge in [-0.25, -0.2) is 0 Å². The summed E-state index contributed by atoms with van der Waals surface area (Å²) in [6.45, 7) is 1.61. The first-order valence-electron chi connectivity index (χ1n) is 2.82. The van der Waals surface area contributed by atoms with Crippen LogP contribution in [0.1, 0.15) is 19.3 Å². The molecule has 0 bridgehead atoms. The summed E-state index contributed by atoms with van der Waals surface area (Å²) in [7, 11) is 0. The quantitative estimate of drug-likeness (QED) is 0.387. The van der Waals surface area contributed by atoms with Gasteiger partial charge in [-0.1, -0.05) is 6.42 Å². The molecule has 2 nitrogen and oxygen atoms in total. The van der Waals surface area contributed by atoms with Gasteiger partial charge < -0.3 is 11.5 Å². The maximum atomic E-state index is 5.23. The Morgan fingerprint density at radius 3 is 1.10 bits per heavy atom. The SMILES string of the molecule is NCCCCCN.[NaH].[NaH].[NaH]. The van der Waals surface area contributed by atoms with Crippen molar-refractivity contribution < 1.29 is 0 Å². The third-order valence-corrected chi connectivity index (χ3v) is 0.908. The molecule has 0 unspecified atom stereocenters. The molecule has 0 amide bonds. The molecule has 0 aliphatic carbocycles. The Balaban J connectivity index is -0.0000000600. The minimum atomic E-state index is 0. The van der Waals surface area contributed by atoms with E-state index in [9.17, 15) is 0 Å². The van der Waals surface area contributed by atoms with Crippen molar-refractivity contribution in [3.8, 4) is 0 Å². The second kappa shape index (κ2) is 22.7. The first kappa shape index (κ1) is 23.1. The first-order chi connectivity index (χ1) is 3.41. The van der Waals surface area contributed by atoms with Gasteiger partial charge in [-0.15, -0.1) is 0 Å². The molecular formula is C5H17N2Na3. The molecule has 0 saturated carbocycles. The first-order valence-corrected chi connectivity index (χ1v) is 2.82. The monoisotopic (exact) mass is 174 g/mol. The zero-order valence-electron chi connectivity index (χ0n) is 4.69. The molecule has 0 fully saturated rings. The van der Waals surface area contributed by atoms with Gasteiger partial charge in [-0.2, -0.15) is 0 Å². The fraction of sp³-hybridized carbons (Fsp3) is 1.00. The van der Waals surface area contributed by atoms with E-state index in [1.165, 1.54) is 6.42 Å². The van der Waals surface area contributed by atoms with Crippen molar-refractivity contribution in [1.82, 2.24) is 0 Å². The summed E-state index contributed by atoms with van der Waals surface area (Å²) in [6.07, 6.45) is 3.43. The Kier molecular flexibility index (Phi) is 52.3. The van der Waals surface area contributed by atoms with Crippen LogP contribution >= 0.6 is 0 Å². The molecule has 0 heterocycles. The van der Waals surface area contributed by atoms with Gasteiger partial charge in [0.05, 0.1) is 0 Å². The average Bonchev–Trinajstić information content (AvgIpc) is 1.69. The maximum absolute atomic E-state index is 5.23. The number of rotatable bonds is 4. The van der Waals surface area contributed by atoms with E-state index in [0.29, 0.717) is 0 Å². The van der Waals surface area contributed by atoms with Crippen molar-refractivity contribution in [2.75, 3.05) is 13.1 Å². The second-order valence-electron chi connectivity index (χ2n) is 1.64. The van der Waals surface area contributed by atoms with E-state index in [-0.39, 0.29) is 88.7 Å². The molecular weight excluding hydrogens is 157 g/mol. The molecule has 0 spiro atoms. The van der Waals surface area contributed by atoms with Gasteiger partial charge in [-0.3, -0.25) is 0 Å². The van der Waals surface area contributed by atoms with Crippen LogP contribution in [0.3, 0.4) is 0 Å². The molecule has 0 aliphatic rings. The van der Waals surface area contributed by atoms with E-state index >= 15 is 0 Å². The number of hydrogen-bond acceptors (Lipinski definition) is 2. The van der Waals surface area contributed by atoms with Crippen LogP contribution in [0.15, 0.2) is 0 Å². The Hall–Kier alpha value is 2.92. The van der Waals surface area contributed by atoms with E-state index in [1.807, 2.05) is 0 Å². The molecule has 0 aliphatic heterocycles. The summed E-state index contributed by atoms with van der Waals surface area (Å²) in [5.41, 5.74) is 10.5. The van der Waals surface area contributed by atoms with Crippen LogP contribution < -0.4 is 11.5 Å². The van der Waals surface area contributed by atoms with E-state index in [0.717, 1.165) is 25.9 Å². The van der Waals surface area contributed by atoms with E-state index in [4.69, 9.17) is 11.5 Å². The zero-order valence-corrected chi connectivity index (χ0v) is 4.69. The fourth-order valence-electron chi connectivity index (χ4n) is 0.465. The zero-order chi connectivity index (χ0) is 5.54. The van der Waals surface area contributed by atoms with Gasteiger partial charge in [0.2, 0.25) is 0 Å². The molecule has 0 saturated heterocycles. The molecule has 4 N–H and O–H groups in total. The van der Waals surface area contributed by atoms with Gasteiger partial charge in [-0.05, 0) is 25.9 Å². The average molecular weight is 174 g/mol. The summed E-state index contributed by atoms with van der Waals surface area (Å²) < 4.78 is 0. The van der Waals surface area contributed by atoms with Gasteiger partial charge in [0.25, 0.3) is 0 Å². The van der Waals surface area contributed by atoms with E-state index in [2.05, 4.69) is 0 Å². The third kappa shape index (κ3) is 22.4. The van der Waals surface area contributed by atoms with Crippen LogP contribution in [0.4, 0.5) is 0 Å². The molecule has 0 rings (SSSR count). The van der Waals surface area contributed by atoms with Crippen LogP contribution in [-0.2, 0) is 0 Å². The fourth-order valence-corrected chi connectivity index (χ4v) is 0.465. The van der Waals surface area contributed by atoms with E-state index < -0.39 is 0 Å². The normalized spacial score (nSPS) is 6.60. The summed E-state index contributed by atoms with van der Waals surface area (Å²) in [5.74, 6) is 0. The Bertz CT molecular complexity index is 34.1. The molecule has 0 atom stereocenters. The summed E-state index contributed by atoms with van der Waals surface area (Å²) in [4.78, 5) is 0. The van der Waals surface area contributed by atoms with Gasteiger partial charge in [0, 0.05) is 0 Å². The Morgan fingerprint density at radius 2 is 0.900 bits per heavy atom. The van der Waals surface area contributed by atoms with Crippen molar-refractivity contribution in [3.63, 3.8) is 0 Å². The molecule has 50 valence electrons. The topological polar surface area (TPSA) is 52.0 Å². The van der Waals surface area contributed by atoms with Crippen molar-refractivity contribution >= 4 is 88.7 Å². The summed E-state index contributed by atoms with van der Waals surface area (Å²) in [6, 6.07) is 0.